The quantitative estimate of drug-likeness (QED) is 0.822. The third-order valence-corrected chi connectivity index (χ3v) is 5.14. The number of piperidine rings is 1. The van der Waals surface area contributed by atoms with E-state index in [2.05, 4.69) is 9.97 Å². The zero-order chi connectivity index (χ0) is 18.8. The predicted octanol–water partition coefficient (Wildman–Crippen LogP) is 2.37. The van der Waals surface area contributed by atoms with Crippen LogP contribution in [0.1, 0.15) is 42.3 Å². The smallest absolute Gasteiger partial charge is 0.249 e. The summed E-state index contributed by atoms with van der Waals surface area (Å²) >= 11 is 0. The first kappa shape index (κ1) is 17.5. The minimum Gasteiger partial charge on any atom is -0.469 e. The molecule has 1 atom stereocenters. The van der Waals surface area contributed by atoms with Gasteiger partial charge in [-0.3, -0.25) is 9.63 Å². The summed E-state index contributed by atoms with van der Waals surface area (Å²) in [6.07, 6.45) is 5.48. The Morgan fingerprint density at radius 2 is 2.15 bits per heavy atom. The van der Waals surface area contributed by atoms with E-state index in [1.807, 2.05) is 24.0 Å². The topological polar surface area (TPSA) is 95.5 Å². The van der Waals surface area contributed by atoms with Crippen LogP contribution in [0.5, 0.6) is 0 Å². The fourth-order valence-electron chi connectivity index (χ4n) is 3.70. The maximum atomic E-state index is 13.0. The lowest BCUT2D eigenvalue weighted by atomic mass is 9.95. The molecule has 0 N–H and O–H groups in total. The predicted molar refractivity (Wildman–Crippen MR) is 95.3 cm³/mol. The van der Waals surface area contributed by atoms with Crippen molar-refractivity contribution in [2.75, 3.05) is 24.6 Å². The number of nitrogens with zero attached hydrogens (tertiary/aromatic N) is 5. The molecule has 8 nitrogen and oxygen atoms in total. The van der Waals surface area contributed by atoms with E-state index in [1.54, 1.807) is 18.5 Å². The molecule has 2 aliphatic heterocycles. The lowest BCUT2D eigenvalue weighted by Crippen LogP contribution is -2.42. The van der Waals surface area contributed by atoms with Crippen molar-refractivity contribution < 1.29 is 14.0 Å². The van der Waals surface area contributed by atoms with Gasteiger partial charge in [-0.05, 0) is 31.9 Å². The Labute approximate surface area is 157 Å². The van der Waals surface area contributed by atoms with Gasteiger partial charge in [0.15, 0.2) is 0 Å². The van der Waals surface area contributed by atoms with Crippen LogP contribution in [0.2, 0.25) is 0 Å². The highest BCUT2D eigenvalue weighted by atomic mass is 16.7. The number of carbonyl (C=O) groups is 1. The SMILES string of the molecule is Cc1cc(C2CCON2C(=O)C2CCN(c3nccc(C#N)n3)CC2)co1. The molecule has 4 rings (SSSR count). The van der Waals surface area contributed by atoms with E-state index in [0.717, 1.165) is 17.7 Å². The molecule has 2 aromatic rings. The van der Waals surface area contributed by atoms with Crippen LogP contribution in [-0.4, -0.2) is 40.6 Å². The van der Waals surface area contributed by atoms with Crippen molar-refractivity contribution in [2.45, 2.75) is 32.2 Å². The van der Waals surface area contributed by atoms with E-state index in [4.69, 9.17) is 14.5 Å². The molecule has 0 aromatic carbocycles. The fourth-order valence-corrected chi connectivity index (χ4v) is 3.70. The van der Waals surface area contributed by atoms with Crippen molar-refractivity contribution in [1.29, 1.82) is 5.26 Å². The number of hydrogen-bond donors (Lipinski definition) is 0. The minimum atomic E-state index is -0.0889. The molecule has 2 saturated heterocycles. The van der Waals surface area contributed by atoms with E-state index < -0.39 is 0 Å². The summed E-state index contributed by atoms with van der Waals surface area (Å²) in [5, 5.41) is 10.5. The highest BCUT2D eigenvalue weighted by Crippen LogP contribution is 2.34. The lowest BCUT2D eigenvalue weighted by Gasteiger charge is -2.33. The van der Waals surface area contributed by atoms with E-state index >= 15 is 0 Å². The third kappa shape index (κ3) is 3.51. The normalized spacial score (nSPS) is 20.7. The lowest BCUT2D eigenvalue weighted by molar-refractivity contribution is -0.182. The molecule has 1 unspecified atom stereocenters. The van der Waals surface area contributed by atoms with Gasteiger partial charge in [0.2, 0.25) is 11.9 Å². The molecule has 2 aliphatic rings. The van der Waals surface area contributed by atoms with Crippen molar-refractivity contribution in [3.8, 4) is 6.07 Å². The van der Waals surface area contributed by atoms with Gasteiger partial charge in [0.05, 0.1) is 18.9 Å². The van der Waals surface area contributed by atoms with Crippen LogP contribution in [0.25, 0.3) is 0 Å². The first-order valence-electron chi connectivity index (χ1n) is 9.15. The molecule has 0 saturated carbocycles. The second-order valence-electron chi connectivity index (χ2n) is 6.91. The zero-order valence-corrected chi connectivity index (χ0v) is 15.2. The van der Waals surface area contributed by atoms with Gasteiger partial charge in [0.1, 0.15) is 17.5 Å². The van der Waals surface area contributed by atoms with Crippen LogP contribution < -0.4 is 4.90 Å². The van der Waals surface area contributed by atoms with E-state index in [1.165, 1.54) is 5.06 Å². The number of furan rings is 1. The molecule has 4 heterocycles. The summed E-state index contributed by atoms with van der Waals surface area (Å²) in [6, 6.07) is 5.50. The van der Waals surface area contributed by atoms with Crippen LogP contribution in [0, 0.1) is 24.2 Å². The number of carbonyl (C=O) groups excluding carboxylic acids is 1. The number of nitriles is 1. The Kier molecular flexibility index (Phi) is 4.77. The highest BCUT2D eigenvalue weighted by molar-refractivity contribution is 5.79. The maximum Gasteiger partial charge on any atom is 0.249 e. The van der Waals surface area contributed by atoms with Crippen LogP contribution in [0.4, 0.5) is 5.95 Å². The summed E-state index contributed by atoms with van der Waals surface area (Å²) in [6.45, 7) is 3.78. The molecule has 0 spiro atoms. The average molecular weight is 367 g/mol. The van der Waals surface area contributed by atoms with Gasteiger partial charge in [-0.1, -0.05) is 0 Å². The van der Waals surface area contributed by atoms with Gasteiger partial charge in [-0.2, -0.15) is 5.26 Å². The number of aromatic nitrogens is 2. The van der Waals surface area contributed by atoms with Crippen LogP contribution in [0.15, 0.2) is 29.0 Å². The zero-order valence-electron chi connectivity index (χ0n) is 15.2. The maximum absolute atomic E-state index is 13.0. The van der Waals surface area contributed by atoms with Gasteiger partial charge in [-0.15, -0.1) is 0 Å². The molecule has 140 valence electrons. The fraction of sp³-hybridized carbons (Fsp3) is 0.474. The van der Waals surface area contributed by atoms with E-state index in [9.17, 15) is 4.79 Å². The van der Waals surface area contributed by atoms with Crippen molar-refractivity contribution in [2.24, 2.45) is 5.92 Å². The molecule has 1 amide bonds. The van der Waals surface area contributed by atoms with E-state index in [0.29, 0.717) is 44.2 Å². The van der Waals surface area contributed by atoms with Crippen molar-refractivity contribution in [3.05, 3.63) is 41.6 Å². The molecular formula is C19H21N5O3. The molecule has 0 aliphatic carbocycles. The number of rotatable bonds is 3. The van der Waals surface area contributed by atoms with Crippen molar-refractivity contribution >= 4 is 11.9 Å². The molecule has 8 heteroatoms. The van der Waals surface area contributed by atoms with Crippen LogP contribution >= 0.6 is 0 Å². The van der Waals surface area contributed by atoms with Crippen LogP contribution in [0.3, 0.4) is 0 Å². The Morgan fingerprint density at radius 1 is 1.33 bits per heavy atom. The first-order chi connectivity index (χ1) is 13.2. The number of anilines is 1. The summed E-state index contributed by atoms with van der Waals surface area (Å²) in [4.78, 5) is 29.2. The largest absolute Gasteiger partial charge is 0.469 e. The molecule has 27 heavy (non-hydrogen) atoms. The number of hydroxylamine groups is 2. The Hall–Kier alpha value is -2.92. The van der Waals surface area contributed by atoms with Gasteiger partial charge in [-0.25, -0.2) is 15.0 Å². The standard InChI is InChI=1S/C19H21N5O3/c1-13-10-15(12-26-13)17-5-9-27-24(17)18(25)14-3-7-23(8-4-14)19-21-6-2-16(11-20)22-19/h2,6,10,12,14,17H,3-5,7-9H2,1H3. The van der Waals surface area contributed by atoms with Gasteiger partial charge >= 0.3 is 0 Å². The second-order valence-corrected chi connectivity index (χ2v) is 6.91. The summed E-state index contributed by atoms with van der Waals surface area (Å²) < 4.78 is 5.40. The second kappa shape index (κ2) is 7.37. The first-order valence-corrected chi connectivity index (χ1v) is 9.15. The molecule has 2 aromatic heterocycles. The number of amides is 1. The minimum absolute atomic E-state index is 0.0303. The molecule has 0 radical (unpaired) electrons. The molecule has 2 fully saturated rings. The summed E-state index contributed by atoms with van der Waals surface area (Å²) in [5.41, 5.74) is 1.33. The summed E-state index contributed by atoms with van der Waals surface area (Å²) in [5.74, 6) is 1.32. The molecule has 0 bridgehead atoms. The Morgan fingerprint density at radius 3 is 2.85 bits per heavy atom. The average Bonchev–Trinajstić information content (AvgIpc) is 3.36. The number of aryl methyl sites for hydroxylation is 1. The van der Waals surface area contributed by atoms with Gasteiger partial charge in [0, 0.05) is 37.2 Å². The molecular weight excluding hydrogens is 346 g/mol. The van der Waals surface area contributed by atoms with Crippen molar-refractivity contribution in [3.63, 3.8) is 0 Å². The Balaban J connectivity index is 1.40. The third-order valence-electron chi connectivity index (χ3n) is 5.14. The van der Waals surface area contributed by atoms with Gasteiger partial charge < -0.3 is 9.32 Å². The van der Waals surface area contributed by atoms with E-state index in [-0.39, 0.29) is 17.9 Å². The Bertz CT molecular complexity index is 866. The van der Waals surface area contributed by atoms with Gasteiger partial charge in [0.25, 0.3) is 0 Å². The monoisotopic (exact) mass is 367 g/mol. The summed E-state index contributed by atoms with van der Waals surface area (Å²) in [7, 11) is 0. The number of hydrogen-bond acceptors (Lipinski definition) is 7. The van der Waals surface area contributed by atoms with Crippen LogP contribution in [-0.2, 0) is 9.63 Å². The highest BCUT2D eigenvalue weighted by Gasteiger charge is 2.37. The van der Waals surface area contributed by atoms with Crippen molar-refractivity contribution in [1.82, 2.24) is 15.0 Å².